The maximum atomic E-state index is 5.02. The quantitative estimate of drug-likeness (QED) is 0.631. The summed E-state index contributed by atoms with van der Waals surface area (Å²) in [5.41, 5.74) is 0. The molecule has 1 aliphatic rings. The first kappa shape index (κ1) is 14.3. The fraction of sp³-hybridized carbons (Fsp3) is 1.00. The van der Waals surface area contributed by atoms with Crippen LogP contribution in [0.4, 0.5) is 0 Å². The Kier molecular flexibility index (Phi) is 9.34. The predicted molar refractivity (Wildman–Crippen MR) is 73.3 cm³/mol. The average Bonchev–Trinajstić information content (AvgIpc) is 2.34. The molecule has 0 aromatic heterocycles. The summed E-state index contributed by atoms with van der Waals surface area (Å²) < 4.78 is 5.02. The minimum atomic E-state index is 0.826. The molecule has 0 bridgehead atoms. The van der Waals surface area contributed by atoms with Crippen LogP contribution in [-0.2, 0) is 4.74 Å². The number of ether oxygens (including phenoxy) is 1. The zero-order valence-corrected chi connectivity index (χ0v) is 11.5. The van der Waals surface area contributed by atoms with E-state index < -0.39 is 0 Å². The Bertz CT molecular complexity index is 149. The lowest BCUT2D eigenvalue weighted by molar-refractivity contribution is 0.200. The maximum Gasteiger partial charge on any atom is 0.0470 e. The van der Waals surface area contributed by atoms with Crippen LogP contribution in [0.5, 0.6) is 0 Å². The van der Waals surface area contributed by atoms with Crippen LogP contribution >= 0.6 is 11.8 Å². The van der Waals surface area contributed by atoms with Crippen molar-refractivity contribution in [3.8, 4) is 0 Å². The SMILES string of the molecule is COCCCSCCCNC1CCCCC1. The third kappa shape index (κ3) is 7.53. The second kappa shape index (κ2) is 10.4. The molecule has 0 heterocycles. The fourth-order valence-electron chi connectivity index (χ4n) is 2.19. The van der Waals surface area contributed by atoms with Crippen molar-refractivity contribution < 1.29 is 4.74 Å². The molecule has 0 aromatic carbocycles. The van der Waals surface area contributed by atoms with Crippen molar-refractivity contribution in [3.05, 3.63) is 0 Å². The summed E-state index contributed by atoms with van der Waals surface area (Å²) in [5, 5.41) is 3.69. The molecule has 3 heteroatoms. The van der Waals surface area contributed by atoms with Gasteiger partial charge in [0.2, 0.25) is 0 Å². The second-order valence-corrected chi connectivity index (χ2v) is 5.83. The summed E-state index contributed by atoms with van der Waals surface area (Å²) in [5.74, 6) is 2.54. The van der Waals surface area contributed by atoms with Crippen molar-refractivity contribution in [2.75, 3.05) is 31.8 Å². The molecule has 1 saturated carbocycles. The zero-order chi connectivity index (χ0) is 11.5. The Morgan fingerprint density at radius 3 is 2.62 bits per heavy atom. The van der Waals surface area contributed by atoms with Gasteiger partial charge in [0.25, 0.3) is 0 Å². The molecule has 0 unspecified atom stereocenters. The molecular formula is C13H27NOS. The molecule has 1 fully saturated rings. The summed E-state index contributed by atoms with van der Waals surface area (Å²) in [7, 11) is 1.78. The average molecular weight is 245 g/mol. The van der Waals surface area contributed by atoms with Gasteiger partial charge in [0.1, 0.15) is 0 Å². The third-order valence-corrected chi connectivity index (χ3v) is 4.30. The number of hydrogen-bond acceptors (Lipinski definition) is 3. The van der Waals surface area contributed by atoms with Gasteiger partial charge in [0.15, 0.2) is 0 Å². The second-order valence-electron chi connectivity index (χ2n) is 4.60. The van der Waals surface area contributed by atoms with Crippen molar-refractivity contribution in [1.29, 1.82) is 0 Å². The lowest BCUT2D eigenvalue weighted by Crippen LogP contribution is -2.31. The van der Waals surface area contributed by atoms with Gasteiger partial charge < -0.3 is 10.1 Å². The van der Waals surface area contributed by atoms with Gasteiger partial charge in [-0.25, -0.2) is 0 Å². The smallest absolute Gasteiger partial charge is 0.0470 e. The summed E-state index contributed by atoms with van der Waals surface area (Å²) >= 11 is 2.06. The topological polar surface area (TPSA) is 21.3 Å². The van der Waals surface area contributed by atoms with E-state index in [0.29, 0.717) is 0 Å². The largest absolute Gasteiger partial charge is 0.385 e. The van der Waals surface area contributed by atoms with Gasteiger partial charge in [0.05, 0.1) is 0 Å². The molecule has 2 nitrogen and oxygen atoms in total. The molecule has 0 saturated heterocycles. The molecule has 0 radical (unpaired) electrons. The Balaban J connectivity index is 1.77. The van der Waals surface area contributed by atoms with Crippen molar-refractivity contribution in [2.24, 2.45) is 0 Å². The third-order valence-electron chi connectivity index (χ3n) is 3.14. The standard InChI is InChI=1S/C13H27NOS/c1-15-10-6-12-16-11-5-9-14-13-7-3-2-4-8-13/h13-14H,2-12H2,1H3. The van der Waals surface area contributed by atoms with Crippen LogP contribution < -0.4 is 5.32 Å². The van der Waals surface area contributed by atoms with E-state index in [1.165, 1.54) is 63.0 Å². The summed E-state index contributed by atoms with van der Waals surface area (Å²) in [4.78, 5) is 0. The van der Waals surface area contributed by atoms with Crippen LogP contribution in [0.25, 0.3) is 0 Å². The van der Waals surface area contributed by atoms with Crippen LogP contribution in [-0.4, -0.2) is 37.8 Å². The highest BCUT2D eigenvalue weighted by atomic mass is 32.2. The number of nitrogens with one attached hydrogen (secondary N) is 1. The van der Waals surface area contributed by atoms with Gasteiger partial charge in [-0.1, -0.05) is 19.3 Å². The van der Waals surface area contributed by atoms with Gasteiger partial charge in [-0.05, 0) is 43.7 Å². The molecular weight excluding hydrogens is 218 g/mol. The number of thioether (sulfide) groups is 1. The van der Waals surface area contributed by atoms with Crippen LogP contribution in [0.3, 0.4) is 0 Å². The van der Waals surface area contributed by atoms with Crippen molar-refractivity contribution in [2.45, 2.75) is 51.0 Å². The molecule has 0 atom stereocenters. The summed E-state index contributed by atoms with van der Waals surface area (Å²) in [6.07, 6.45) is 9.63. The highest BCUT2D eigenvalue weighted by Crippen LogP contribution is 2.17. The molecule has 1 rings (SSSR count). The lowest BCUT2D eigenvalue weighted by atomic mass is 9.95. The van der Waals surface area contributed by atoms with E-state index in [9.17, 15) is 0 Å². The summed E-state index contributed by atoms with van der Waals surface area (Å²) in [6.45, 7) is 2.12. The van der Waals surface area contributed by atoms with Crippen LogP contribution in [0.15, 0.2) is 0 Å². The van der Waals surface area contributed by atoms with E-state index in [0.717, 1.165) is 12.6 Å². The van der Waals surface area contributed by atoms with Gasteiger partial charge in [-0.15, -0.1) is 0 Å². The maximum absolute atomic E-state index is 5.02. The van der Waals surface area contributed by atoms with Crippen LogP contribution in [0.2, 0.25) is 0 Å². The predicted octanol–water partition coefficient (Wildman–Crippen LogP) is 3.07. The zero-order valence-electron chi connectivity index (χ0n) is 10.7. The molecule has 0 amide bonds. The minimum Gasteiger partial charge on any atom is -0.385 e. The van der Waals surface area contributed by atoms with Crippen molar-refractivity contribution >= 4 is 11.8 Å². The van der Waals surface area contributed by atoms with Gasteiger partial charge >= 0.3 is 0 Å². The van der Waals surface area contributed by atoms with E-state index in [-0.39, 0.29) is 0 Å². The monoisotopic (exact) mass is 245 g/mol. The molecule has 0 spiro atoms. The highest BCUT2D eigenvalue weighted by molar-refractivity contribution is 7.99. The Hall–Kier alpha value is 0.270. The van der Waals surface area contributed by atoms with Gasteiger partial charge in [0, 0.05) is 19.8 Å². The van der Waals surface area contributed by atoms with Crippen LogP contribution in [0.1, 0.15) is 44.9 Å². The fourth-order valence-corrected chi connectivity index (χ4v) is 3.07. The normalized spacial score (nSPS) is 17.8. The van der Waals surface area contributed by atoms with Gasteiger partial charge in [-0.2, -0.15) is 11.8 Å². The van der Waals surface area contributed by atoms with E-state index in [2.05, 4.69) is 17.1 Å². The molecule has 1 N–H and O–H groups in total. The molecule has 96 valence electrons. The van der Waals surface area contributed by atoms with Crippen molar-refractivity contribution in [1.82, 2.24) is 5.32 Å². The van der Waals surface area contributed by atoms with E-state index in [4.69, 9.17) is 4.74 Å². The molecule has 1 aliphatic carbocycles. The Morgan fingerprint density at radius 2 is 1.88 bits per heavy atom. The molecule has 0 aromatic rings. The molecule has 16 heavy (non-hydrogen) atoms. The first-order chi connectivity index (χ1) is 7.93. The van der Waals surface area contributed by atoms with Crippen LogP contribution in [0, 0.1) is 0 Å². The number of methoxy groups -OCH3 is 1. The van der Waals surface area contributed by atoms with E-state index in [1.54, 1.807) is 7.11 Å². The highest BCUT2D eigenvalue weighted by Gasteiger charge is 2.11. The number of rotatable bonds is 9. The Labute approximate surface area is 105 Å². The van der Waals surface area contributed by atoms with Crippen molar-refractivity contribution in [3.63, 3.8) is 0 Å². The minimum absolute atomic E-state index is 0.826. The molecule has 0 aliphatic heterocycles. The first-order valence-corrected chi connectivity index (χ1v) is 7.89. The number of hydrogen-bond donors (Lipinski definition) is 1. The summed E-state index contributed by atoms with van der Waals surface area (Å²) in [6, 6.07) is 0.826. The lowest BCUT2D eigenvalue weighted by Gasteiger charge is -2.22. The first-order valence-electron chi connectivity index (χ1n) is 6.73. The Morgan fingerprint density at radius 1 is 1.12 bits per heavy atom. The van der Waals surface area contributed by atoms with E-state index in [1.807, 2.05) is 0 Å². The van der Waals surface area contributed by atoms with Gasteiger partial charge in [-0.3, -0.25) is 0 Å². The van der Waals surface area contributed by atoms with E-state index >= 15 is 0 Å².